The predicted molar refractivity (Wildman–Crippen MR) is 150 cm³/mol. The number of halogens is 2. The van der Waals surface area contributed by atoms with Crippen molar-refractivity contribution >= 4 is 29.2 Å². The molecule has 3 aromatic rings. The molecule has 2 fully saturated rings. The van der Waals surface area contributed by atoms with Crippen molar-refractivity contribution in [1.82, 2.24) is 29.3 Å². The number of carbonyl (C=O) groups is 2. The quantitative estimate of drug-likeness (QED) is 0.428. The summed E-state index contributed by atoms with van der Waals surface area (Å²) in [5.74, 6) is -0.0315. The smallest absolute Gasteiger partial charge is 0.410 e. The number of piperidine rings is 1. The third-order valence-corrected chi connectivity index (χ3v) is 7.07. The van der Waals surface area contributed by atoms with Gasteiger partial charge in [-0.1, -0.05) is 6.58 Å². The fraction of sp³-hybridized carbons (Fsp3) is 0.500. The van der Waals surface area contributed by atoms with E-state index in [-0.39, 0.29) is 29.0 Å². The number of hydrogen-bond acceptors (Lipinski definition) is 8. The number of rotatable bonds is 6. The Morgan fingerprint density at radius 2 is 2.02 bits per heavy atom. The molecular formula is C28H34F2N8O4. The molecule has 0 saturated carbocycles. The maximum atomic E-state index is 14.0. The highest BCUT2D eigenvalue weighted by atomic mass is 19.3. The van der Waals surface area contributed by atoms with Crippen LogP contribution >= 0.6 is 0 Å². The van der Waals surface area contributed by atoms with Crippen LogP contribution in [0.1, 0.15) is 62.1 Å². The Bertz CT molecular complexity index is 1500. The number of alkyl halides is 2. The first-order valence-electron chi connectivity index (χ1n) is 13.7. The van der Waals surface area contributed by atoms with Gasteiger partial charge in [0.2, 0.25) is 0 Å². The molecule has 12 nitrogen and oxygen atoms in total. The van der Waals surface area contributed by atoms with Gasteiger partial charge in [-0.25, -0.2) is 23.1 Å². The Morgan fingerprint density at radius 1 is 1.26 bits per heavy atom. The summed E-state index contributed by atoms with van der Waals surface area (Å²) in [5.41, 5.74) is 1.95. The first-order chi connectivity index (χ1) is 20.0. The van der Waals surface area contributed by atoms with E-state index in [1.165, 1.54) is 21.6 Å². The number of nitrogens with one attached hydrogen (secondary N) is 1. The summed E-state index contributed by atoms with van der Waals surface area (Å²) in [7, 11) is 0. The second kappa shape index (κ2) is 11.9. The van der Waals surface area contributed by atoms with Crippen LogP contribution in [0.4, 0.5) is 25.1 Å². The SMILES string of the molecule is C=C=CC1COCCN1c1ccn2ncc(C(=O)Nc3cn(C4CCN(C(=O)OC(C)(C)C)CC4)nc3C(F)F)c2n1. The highest BCUT2D eigenvalue weighted by Gasteiger charge is 2.30. The maximum absolute atomic E-state index is 14.0. The third kappa shape index (κ3) is 6.29. The molecule has 5 rings (SSSR count). The Morgan fingerprint density at radius 3 is 2.71 bits per heavy atom. The number of fused-ring (bicyclic) bond motifs is 1. The average molecular weight is 585 g/mol. The van der Waals surface area contributed by atoms with Crippen LogP contribution in [-0.2, 0) is 9.47 Å². The van der Waals surface area contributed by atoms with Crippen molar-refractivity contribution in [2.45, 2.75) is 57.7 Å². The molecular weight excluding hydrogens is 550 g/mol. The molecule has 42 heavy (non-hydrogen) atoms. The van der Waals surface area contributed by atoms with E-state index < -0.39 is 29.7 Å². The summed E-state index contributed by atoms with van der Waals surface area (Å²) in [6.45, 7) is 11.4. The van der Waals surface area contributed by atoms with Gasteiger partial charge in [-0.2, -0.15) is 10.2 Å². The van der Waals surface area contributed by atoms with Crippen LogP contribution in [0.3, 0.4) is 0 Å². The van der Waals surface area contributed by atoms with Gasteiger partial charge in [0.05, 0.1) is 37.2 Å². The van der Waals surface area contributed by atoms with E-state index >= 15 is 0 Å². The number of likely N-dealkylation sites (tertiary alicyclic amines) is 1. The van der Waals surface area contributed by atoms with Gasteiger partial charge in [0.1, 0.15) is 17.0 Å². The first kappa shape index (κ1) is 29.2. The second-order valence-corrected chi connectivity index (χ2v) is 11.2. The zero-order chi connectivity index (χ0) is 30.0. The largest absolute Gasteiger partial charge is 0.444 e. The molecule has 1 N–H and O–H groups in total. The summed E-state index contributed by atoms with van der Waals surface area (Å²) in [5, 5.41) is 10.9. The Hall–Kier alpha value is -4.29. The van der Waals surface area contributed by atoms with Crippen LogP contribution < -0.4 is 10.2 Å². The molecule has 0 radical (unpaired) electrons. The van der Waals surface area contributed by atoms with Gasteiger partial charge in [-0.15, -0.1) is 5.73 Å². The van der Waals surface area contributed by atoms with E-state index in [2.05, 4.69) is 32.8 Å². The number of carbonyl (C=O) groups excluding carboxylic acids is 2. The van der Waals surface area contributed by atoms with Crippen molar-refractivity contribution in [2.24, 2.45) is 0 Å². The molecule has 2 saturated heterocycles. The number of morpholine rings is 1. The summed E-state index contributed by atoms with van der Waals surface area (Å²) >= 11 is 0. The number of nitrogens with zero attached hydrogens (tertiary/aromatic N) is 7. The van der Waals surface area contributed by atoms with Gasteiger partial charge >= 0.3 is 6.09 Å². The third-order valence-electron chi connectivity index (χ3n) is 7.07. The lowest BCUT2D eigenvalue weighted by Gasteiger charge is -2.34. The summed E-state index contributed by atoms with van der Waals surface area (Å²) < 4.78 is 41.9. The van der Waals surface area contributed by atoms with Crippen LogP contribution in [0.2, 0.25) is 0 Å². The van der Waals surface area contributed by atoms with Gasteiger partial charge in [-0.05, 0) is 45.8 Å². The Labute approximate surface area is 241 Å². The van der Waals surface area contributed by atoms with Crippen molar-refractivity contribution in [3.63, 3.8) is 0 Å². The van der Waals surface area contributed by atoms with Gasteiger partial charge in [0.25, 0.3) is 12.3 Å². The lowest BCUT2D eigenvalue weighted by atomic mass is 10.1. The molecule has 1 unspecified atom stereocenters. The van der Waals surface area contributed by atoms with E-state index in [1.54, 1.807) is 44.0 Å². The number of hydrogen-bond donors (Lipinski definition) is 1. The standard InChI is InChI=1S/C28H34F2N8O4/c1-5-6-19-17-41-14-13-36(19)22-9-12-37-25(33-22)20(15-31-37)26(39)32-21-16-38(34-23(21)24(29)30)18-7-10-35(11-8-18)27(40)42-28(2,3)4/h6,9,12,15-16,18-19,24H,1,7-8,10-11,13-14,17H2,2-4H3,(H,32,39). The van der Waals surface area contributed by atoms with Gasteiger partial charge in [-0.3, -0.25) is 9.48 Å². The van der Waals surface area contributed by atoms with E-state index in [0.29, 0.717) is 51.5 Å². The number of amides is 2. The van der Waals surface area contributed by atoms with Gasteiger partial charge < -0.3 is 24.6 Å². The minimum atomic E-state index is -2.91. The molecule has 3 aromatic heterocycles. The highest BCUT2D eigenvalue weighted by Crippen LogP contribution is 2.31. The lowest BCUT2D eigenvalue weighted by Crippen LogP contribution is -2.44. The lowest BCUT2D eigenvalue weighted by molar-refractivity contribution is 0.0184. The monoisotopic (exact) mass is 584 g/mol. The van der Waals surface area contributed by atoms with Gasteiger partial charge in [0.15, 0.2) is 11.3 Å². The Balaban J connectivity index is 1.33. The molecule has 2 amide bonds. The van der Waals surface area contributed by atoms with E-state index in [1.807, 2.05) is 4.90 Å². The number of ether oxygens (including phenoxy) is 2. The van der Waals surface area contributed by atoms with Crippen molar-refractivity contribution in [1.29, 1.82) is 0 Å². The molecule has 0 bridgehead atoms. The summed E-state index contributed by atoms with van der Waals surface area (Å²) in [4.78, 5) is 34.0. The van der Waals surface area contributed by atoms with Crippen LogP contribution in [0, 0.1) is 0 Å². The predicted octanol–water partition coefficient (Wildman–Crippen LogP) is 4.23. The topological polar surface area (TPSA) is 119 Å². The zero-order valence-electron chi connectivity index (χ0n) is 23.8. The van der Waals surface area contributed by atoms with Crippen LogP contribution in [0.25, 0.3) is 5.65 Å². The minimum absolute atomic E-state index is 0.0931. The first-order valence-corrected chi connectivity index (χ1v) is 13.7. The van der Waals surface area contributed by atoms with Crippen LogP contribution in [-0.4, -0.2) is 85.8 Å². The summed E-state index contributed by atoms with van der Waals surface area (Å²) in [6, 6.07) is 1.44. The molecule has 2 aliphatic heterocycles. The van der Waals surface area contributed by atoms with Crippen molar-refractivity contribution in [2.75, 3.05) is 43.1 Å². The fourth-order valence-corrected chi connectivity index (χ4v) is 5.04. The molecule has 224 valence electrons. The van der Waals surface area contributed by atoms with E-state index in [9.17, 15) is 18.4 Å². The fourth-order valence-electron chi connectivity index (χ4n) is 5.04. The minimum Gasteiger partial charge on any atom is -0.444 e. The molecule has 2 aliphatic rings. The summed E-state index contributed by atoms with van der Waals surface area (Å²) in [6.07, 6.45) is 3.92. The number of aromatic nitrogens is 5. The normalized spacial score (nSPS) is 18.3. The molecule has 0 aliphatic carbocycles. The van der Waals surface area contributed by atoms with Crippen molar-refractivity contribution in [3.05, 3.63) is 54.3 Å². The molecule has 5 heterocycles. The van der Waals surface area contributed by atoms with Crippen molar-refractivity contribution in [3.8, 4) is 0 Å². The molecule has 0 aromatic carbocycles. The molecule has 14 heteroatoms. The van der Waals surface area contributed by atoms with Gasteiger partial charge in [0, 0.05) is 32.0 Å². The zero-order valence-corrected chi connectivity index (χ0v) is 23.8. The van der Waals surface area contributed by atoms with E-state index in [4.69, 9.17) is 9.47 Å². The number of anilines is 2. The van der Waals surface area contributed by atoms with Crippen LogP contribution in [0.5, 0.6) is 0 Å². The molecule has 0 spiro atoms. The van der Waals surface area contributed by atoms with Crippen molar-refractivity contribution < 1.29 is 27.8 Å². The second-order valence-electron chi connectivity index (χ2n) is 11.2. The average Bonchev–Trinajstić information content (AvgIpc) is 3.57. The maximum Gasteiger partial charge on any atom is 0.410 e. The highest BCUT2D eigenvalue weighted by molar-refractivity contribution is 6.08. The Kier molecular flexibility index (Phi) is 8.28. The van der Waals surface area contributed by atoms with Crippen LogP contribution in [0.15, 0.2) is 43.0 Å². The molecule has 1 atom stereocenters. The van der Waals surface area contributed by atoms with E-state index in [0.717, 1.165) is 0 Å².